The number of benzene rings is 2. The zero-order valence-electron chi connectivity index (χ0n) is 12.9. The van der Waals surface area contributed by atoms with Gasteiger partial charge in [-0.15, -0.1) is 0 Å². The fraction of sp³-hybridized carbons (Fsp3) is 0.167. The molecule has 0 aliphatic rings. The molecule has 0 N–H and O–H groups in total. The lowest BCUT2D eigenvalue weighted by atomic mass is 10.2. The molecule has 0 fully saturated rings. The van der Waals surface area contributed by atoms with Gasteiger partial charge in [0.25, 0.3) is 5.91 Å². The molecule has 22 heavy (non-hydrogen) atoms. The van der Waals surface area contributed by atoms with Crippen molar-refractivity contribution in [1.29, 1.82) is 0 Å². The van der Waals surface area contributed by atoms with Gasteiger partial charge in [0.1, 0.15) is 0 Å². The number of hydrogen-bond acceptors (Lipinski definition) is 2. The molecule has 0 saturated carbocycles. The summed E-state index contributed by atoms with van der Waals surface area (Å²) in [5.41, 5.74) is 1.94. The molecule has 0 aliphatic heterocycles. The van der Waals surface area contributed by atoms with Gasteiger partial charge in [-0.2, -0.15) is 0 Å². The summed E-state index contributed by atoms with van der Waals surface area (Å²) in [4.78, 5) is 16.1. The Hall–Kier alpha value is -2.20. The predicted octanol–water partition coefficient (Wildman–Crippen LogP) is 4.03. The summed E-state index contributed by atoms with van der Waals surface area (Å²) in [6.45, 7) is 0. The summed E-state index contributed by atoms with van der Waals surface area (Å²) in [6, 6.07) is 16.1. The second-order valence-electron chi connectivity index (χ2n) is 5.42. The van der Waals surface area contributed by atoms with E-state index < -0.39 is 0 Å². The first kappa shape index (κ1) is 14.7. The minimum Gasteiger partial charge on any atom is -0.349 e. The standard InChI is InChI=1S/C18H18N2OS/c1-19(2)18(21)14-9-5-7-11-16(14)22-17-12-20(3)15-10-6-4-8-13(15)17/h4-12H,1-3H3. The first-order chi connectivity index (χ1) is 10.6. The van der Waals surface area contributed by atoms with Gasteiger partial charge in [0.2, 0.25) is 0 Å². The van der Waals surface area contributed by atoms with Crippen LogP contribution in [-0.4, -0.2) is 29.5 Å². The van der Waals surface area contributed by atoms with Crippen molar-refractivity contribution in [3.63, 3.8) is 0 Å². The van der Waals surface area contributed by atoms with E-state index in [0.29, 0.717) is 0 Å². The molecular formula is C18H18N2OS. The summed E-state index contributed by atoms with van der Waals surface area (Å²) < 4.78 is 2.12. The summed E-state index contributed by atoms with van der Waals surface area (Å²) >= 11 is 1.64. The summed E-state index contributed by atoms with van der Waals surface area (Å²) in [7, 11) is 5.60. The number of carbonyl (C=O) groups is 1. The Morgan fingerprint density at radius 2 is 1.68 bits per heavy atom. The number of carbonyl (C=O) groups excluding carboxylic acids is 1. The quantitative estimate of drug-likeness (QED) is 0.730. The number of aryl methyl sites for hydroxylation is 1. The van der Waals surface area contributed by atoms with Gasteiger partial charge in [-0.05, 0) is 18.2 Å². The lowest BCUT2D eigenvalue weighted by molar-refractivity contribution is 0.0824. The van der Waals surface area contributed by atoms with Crippen LogP contribution in [0.4, 0.5) is 0 Å². The number of amides is 1. The molecule has 3 nitrogen and oxygen atoms in total. The fourth-order valence-electron chi connectivity index (χ4n) is 2.48. The lowest BCUT2D eigenvalue weighted by Crippen LogP contribution is -2.22. The lowest BCUT2D eigenvalue weighted by Gasteiger charge is -2.13. The van der Waals surface area contributed by atoms with Gasteiger partial charge in [-0.25, -0.2) is 0 Å². The molecule has 3 rings (SSSR count). The van der Waals surface area contributed by atoms with Crippen LogP contribution in [0.15, 0.2) is 64.5 Å². The molecule has 4 heteroatoms. The number of nitrogens with zero attached hydrogens (tertiary/aromatic N) is 2. The molecule has 3 aromatic rings. The van der Waals surface area contributed by atoms with Crippen LogP contribution in [-0.2, 0) is 7.05 Å². The third-order valence-electron chi connectivity index (χ3n) is 3.60. The van der Waals surface area contributed by atoms with Crippen molar-refractivity contribution in [2.45, 2.75) is 9.79 Å². The van der Waals surface area contributed by atoms with Crippen LogP contribution in [0.3, 0.4) is 0 Å². The summed E-state index contributed by atoms with van der Waals surface area (Å²) in [6.07, 6.45) is 2.12. The highest BCUT2D eigenvalue weighted by atomic mass is 32.2. The Morgan fingerprint density at radius 3 is 2.45 bits per heavy atom. The van der Waals surface area contributed by atoms with E-state index >= 15 is 0 Å². The van der Waals surface area contributed by atoms with Crippen LogP contribution in [0, 0.1) is 0 Å². The van der Waals surface area contributed by atoms with Gasteiger partial charge in [0.15, 0.2) is 0 Å². The van der Waals surface area contributed by atoms with Gasteiger partial charge < -0.3 is 9.47 Å². The molecule has 0 atom stereocenters. The minimum atomic E-state index is 0.0309. The average molecular weight is 310 g/mol. The van der Waals surface area contributed by atoms with Gasteiger partial charge in [-0.1, -0.05) is 42.1 Å². The Balaban J connectivity index is 2.05. The first-order valence-corrected chi connectivity index (χ1v) is 7.92. The van der Waals surface area contributed by atoms with Crippen molar-refractivity contribution in [2.75, 3.05) is 14.1 Å². The van der Waals surface area contributed by atoms with E-state index in [9.17, 15) is 4.79 Å². The second-order valence-corrected chi connectivity index (χ2v) is 6.50. The summed E-state index contributed by atoms with van der Waals surface area (Å²) in [5.74, 6) is 0.0309. The SMILES string of the molecule is CN(C)C(=O)c1ccccc1Sc1cn(C)c2ccccc12. The highest BCUT2D eigenvalue weighted by Gasteiger charge is 2.15. The molecule has 1 heterocycles. The third kappa shape index (κ3) is 2.62. The number of para-hydroxylation sites is 1. The molecule has 2 aromatic carbocycles. The number of rotatable bonds is 3. The molecule has 112 valence electrons. The van der Waals surface area contributed by atoms with Crippen LogP contribution in [0.5, 0.6) is 0 Å². The van der Waals surface area contributed by atoms with Gasteiger partial charge in [0, 0.05) is 48.0 Å². The normalized spacial score (nSPS) is 10.9. The first-order valence-electron chi connectivity index (χ1n) is 7.10. The Labute approximate surface area is 134 Å². The monoisotopic (exact) mass is 310 g/mol. The van der Waals surface area contributed by atoms with Gasteiger partial charge in [-0.3, -0.25) is 4.79 Å². The van der Waals surface area contributed by atoms with Gasteiger partial charge >= 0.3 is 0 Å². The largest absolute Gasteiger partial charge is 0.349 e. The van der Waals surface area contributed by atoms with Crippen molar-refractivity contribution >= 4 is 28.6 Å². The van der Waals surface area contributed by atoms with E-state index in [1.165, 1.54) is 10.9 Å². The van der Waals surface area contributed by atoms with E-state index in [4.69, 9.17) is 0 Å². The highest BCUT2D eigenvalue weighted by molar-refractivity contribution is 7.99. The summed E-state index contributed by atoms with van der Waals surface area (Å²) in [5, 5.41) is 1.21. The molecule has 1 amide bonds. The van der Waals surface area contributed by atoms with Crippen LogP contribution >= 0.6 is 11.8 Å². The maximum Gasteiger partial charge on any atom is 0.254 e. The number of hydrogen-bond donors (Lipinski definition) is 0. The maximum absolute atomic E-state index is 12.3. The van der Waals surface area contributed by atoms with E-state index in [1.807, 2.05) is 43.4 Å². The molecule has 0 spiro atoms. The smallest absolute Gasteiger partial charge is 0.254 e. The Morgan fingerprint density at radius 1 is 1.00 bits per heavy atom. The van der Waals surface area contributed by atoms with Crippen LogP contribution < -0.4 is 0 Å². The fourth-order valence-corrected chi connectivity index (χ4v) is 3.62. The Bertz CT molecular complexity index is 836. The second kappa shape index (κ2) is 5.89. The van der Waals surface area contributed by atoms with Crippen molar-refractivity contribution in [3.8, 4) is 0 Å². The highest BCUT2D eigenvalue weighted by Crippen LogP contribution is 2.36. The van der Waals surface area contributed by atoms with E-state index in [-0.39, 0.29) is 5.91 Å². The molecule has 0 saturated heterocycles. The molecule has 0 aliphatic carbocycles. The van der Waals surface area contributed by atoms with Crippen molar-refractivity contribution < 1.29 is 4.79 Å². The third-order valence-corrected chi connectivity index (χ3v) is 4.73. The number of fused-ring (bicyclic) bond motifs is 1. The van der Waals surface area contributed by atoms with Crippen molar-refractivity contribution in [3.05, 3.63) is 60.3 Å². The maximum atomic E-state index is 12.3. The number of aromatic nitrogens is 1. The molecule has 0 radical (unpaired) electrons. The molecule has 1 aromatic heterocycles. The van der Waals surface area contributed by atoms with E-state index in [1.54, 1.807) is 30.8 Å². The average Bonchev–Trinajstić information content (AvgIpc) is 2.84. The predicted molar refractivity (Wildman–Crippen MR) is 91.5 cm³/mol. The van der Waals surface area contributed by atoms with Crippen molar-refractivity contribution in [1.82, 2.24) is 9.47 Å². The minimum absolute atomic E-state index is 0.0309. The molecule has 0 bridgehead atoms. The Kier molecular flexibility index (Phi) is 3.94. The zero-order chi connectivity index (χ0) is 15.7. The zero-order valence-corrected chi connectivity index (χ0v) is 13.7. The van der Waals surface area contributed by atoms with Crippen LogP contribution in [0.1, 0.15) is 10.4 Å². The van der Waals surface area contributed by atoms with E-state index in [0.717, 1.165) is 15.4 Å². The van der Waals surface area contributed by atoms with Crippen molar-refractivity contribution in [2.24, 2.45) is 7.05 Å². The molecular weight excluding hydrogens is 292 g/mol. The van der Waals surface area contributed by atoms with Crippen LogP contribution in [0.25, 0.3) is 10.9 Å². The van der Waals surface area contributed by atoms with Crippen LogP contribution in [0.2, 0.25) is 0 Å². The van der Waals surface area contributed by atoms with Gasteiger partial charge in [0.05, 0.1) is 5.56 Å². The molecule has 0 unspecified atom stereocenters. The van der Waals surface area contributed by atoms with E-state index in [2.05, 4.69) is 22.9 Å². The topological polar surface area (TPSA) is 25.2 Å².